The van der Waals surface area contributed by atoms with Crippen LogP contribution >= 0.6 is 0 Å². The highest BCUT2D eigenvalue weighted by atomic mass is 16.4. The lowest BCUT2D eigenvalue weighted by Crippen LogP contribution is -2.34. The highest BCUT2D eigenvalue weighted by Gasteiger charge is 2.55. The van der Waals surface area contributed by atoms with Gasteiger partial charge < -0.3 is 10.8 Å². The summed E-state index contributed by atoms with van der Waals surface area (Å²) in [5, 5.41) is 8.44. The molecule has 0 aromatic heterocycles. The standard InChI is InChI=1S/C6H9NO2/c1-2-4-3-6(4,7)5(8)9/h2,4H,1,3,7H2,(H,8,9)/t4-,6+/m0/s1. The Bertz CT molecular complexity index is 166. The normalized spacial score (nSPS) is 39.9. The van der Waals surface area contributed by atoms with E-state index in [4.69, 9.17) is 10.8 Å². The first kappa shape index (κ1) is 6.29. The van der Waals surface area contributed by atoms with Crippen LogP contribution in [0.15, 0.2) is 12.7 Å². The lowest BCUT2D eigenvalue weighted by Gasteiger charge is -1.99. The summed E-state index contributed by atoms with van der Waals surface area (Å²) < 4.78 is 0. The van der Waals surface area contributed by atoms with Crippen molar-refractivity contribution in [1.82, 2.24) is 0 Å². The van der Waals surface area contributed by atoms with E-state index in [0.29, 0.717) is 6.42 Å². The fourth-order valence-corrected chi connectivity index (χ4v) is 0.845. The Labute approximate surface area is 53.2 Å². The molecule has 3 N–H and O–H groups in total. The Hall–Kier alpha value is -0.830. The first-order valence-electron chi connectivity index (χ1n) is 2.76. The molecule has 2 atom stereocenters. The maximum absolute atomic E-state index is 10.3. The van der Waals surface area contributed by atoms with E-state index in [1.807, 2.05) is 0 Å². The maximum atomic E-state index is 10.3. The average molecular weight is 127 g/mol. The molecule has 0 heterocycles. The Morgan fingerprint density at radius 2 is 2.56 bits per heavy atom. The van der Waals surface area contributed by atoms with Crippen molar-refractivity contribution in [2.45, 2.75) is 12.0 Å². The third-order valence-electron chi connectivity index (χ3n) is 1.74. The average Bonchev–Trinajstić information content (AvgIpc) is 2.44. The fraction of sp³-hybridized carbons (Fsp3) is 0.500. The predicted octanol–water partition coefficient (Wildman–Crippen LogP) is -0.0256. The molecule has 50 valence electrons. The Morgan fingerprint density at radius 1 is 2.00 bits per heavy atom. The van der Waals surface area contributed by atoms with Crippen LogP contribution in [0.3, 0.4) is 0 Å². The zero-order valence-corrected chi connectivity index (χ0v) is 5.00. The molecule has 0 saturated heterocycles. The van der Waals surface area contributed by atoms with E-state index < -0.39 is 11.5 Å². The number of rotatable bonds is 2. The molecule has 0 aromatic rings. The number of hydrogen-bond acceptors (Lipinski definition) is 2. The van der Waals surface area contributed by atoms with E-state index in [0.717, 1.165) is 0 Å². The SMILES string of the molecule is C=C[C@H]1C[C@]1(N)C(=O)O. The van der Waals surface area contributed by atoms with Crippen LogP contribution in [0.1, 0.15) is 6.42 Å². The monoisotopic (exact) mass is 127 g/mol. The Balaban J connectivity index is 2.62. The maximum Gasteiger partial charge on any atom is 0.324 e. The van der Waals surface area contributed by atoms with Gasteiger partial charge in [-0.1, -0.05) is 6.08 Å². The van der Waals surface area contributed by atoms with Crippen LogP contribution in [-0.2, 0) is 4.79 Å². The van der Waals surface area contributed by atoms with Crippen LogP contribution in [0.5, 0.6) is 0 Å². The molecule has 0 unspecified atom stereocenters. The van der Waals surface area contributed by atoms with E-state index in [1.165, 1.54) is 0 Å². The summed E-state index contributed by atoms with van der Waals surface area (Å²) in [6.07, 6.45) is 2.12. The molecule has 9 heavy (non-hydrogen) atoms. The molecule has 3 nitrogen and oxygen atoms in total. The minimum atomic E-state index is -0.984. The van der Waals surface area contributed by atoms with Gasteiger partial charge in [0.1, 0.15) is 5.54 Å². The molecule has 1 aliphatic rings. The number of hydrogen-bond donors (Lipinski definition) is 2. The number of nitrogens with two attached hydrogens (primary N) is 1. The minimum Gasteiger partial charge on any atom is -0.480 e. The van der Waals surface area contributed by atoms with Crippen LogP contribution < -0.4 is 5.73 Å². The molecule has 1 fully saturated rings. The zero-order chi connectivity index (χ0) is 7.07. The molecule has 0 spiro atoms. The van der Waals surface area contributed by atoms with E-state index in [1.54, 1.807) is 6.08 Å². The third-order valence-corrected chi connectivity index (χ3v) is 1.74. The molecule has 1 aliphatic carbocycles. The molecule has 0 aliphatic heterocycles. The smallest absolute Gasteiger partial charge is 0.324 e. The van der Waals surface area contributed by atoms with Gasteiger partial charge in [0.2, 0.25) is 0 Å². The topological polar surface area (TPSA) is 63.3 Å². The van der Waals surface area contributed by atoms with Gasteiger partial charge in [0.25, 0.3) is 0 Å². The summed E-state index contributed by atoms with van der Waals surface area (Å²) in [6.45, 7) is 3.46. The van der Waals surface area contributed by atoms with E-state index in [2.05, 4.69) is 6.58 Å². The lowest BCUT2D eigenvalue weighted by atomic mass is 10.2. The summed E-state index contributed by atoms with van der Waals surface area (Å²) in [7, 11) is 0. The molecule has 0 radical (unpaired) electrons. The molecule has 0 bridgehead atoms. The van der Waals surface area contributed by atoms with Crippen molar-refractivity contribution in [1.29, 1.82) is 0 Å². The van der Waals surface area contributed by atoms with Gasteiger partial charge >= 0.3 is 5.97 Å². The predicted molar refractivity (Wildman–Crippen MR) is 32.9 cm³/mol. The van der Waals surface area contributed by atoms with Gasteiger partial charge in [-0.25, -0.2) is 0 Å². The summed E-state index contributed by atoms with van der Waals surface area (Å²) in [5.74, 6) is -0.942. The van der Waals surface area contributed by atoms with Crippen LogP contribution in [0.2, 0.25) is 0 Å². The number of carbonyl (C=O) groups is 1. The quantitative estimate of drug-likeness (QED) is 0.512. The van der Waals surface area contributed by atoms with Gasteiger partial charge in [-0.05, 0) is 6.42 Å². The molecule has 1 rings (SSSR count). The Morgan fingerprint density at radius 3 is 2.67 bits per heavy atom. The second-order valence-electron chi connectivity index (χ2n) is 2.39. The van der Waals surface area contributed by atoms with Crippen molar-refractivity contribution in [3.63, 3.8) is 0 Å². The summed E-state index contributed by atoms with van der Waals surface area (Å²) in [6, 6.07) is 0. The van der Waals surface area contributed by atoms with Gasteiger partial charge in [-0.15, -0.1) is 6.58 Å². The van der Waals surface area contributed by atoms with E-state index in [-0.39, 0.29) is 5.92 Å². The van der Waals surface area contributed by atoms with Gasteiger partial charge in [0.05, 0.1) is 0 Å². The molecule has 3 heteroatoms. The minimum absolute atomic E-state index is 0.0185. The zero-order valence-electron chi connectivity index (χ0n) is 5.00. The second kappa shape index (κ2) is 1.57. The number of aliphatic carboxylic acids is 1. The first-order chi connectivity index (χ1) is 4.11. The summed E-state index contributed by atoms with van der Waals surface area (Å²) in [5.41, 5.74) is 4.39. The molecule has 0 aromatic carbocycles. The van der Waals surface area contributed by atoms with Crippen LogP contribution in [0.4, 0.5) is 0 Å². The van der Waals surface area contributed by atoms with E-state index >= 15 is 0 Å². The van der Waals surface area contributed by atoms with Crippen LogP contribution in [0, 0.1) is 5.92 Å². The number of carboxylic acid groups (broad SMARTS) is 1. The van der Waals surface area contributed by atoms with Crippen molar-refractivity contribution < 1.29 is 9.90 Å². The van der Waals surface area contributed by atoms with Gasteiger partial charge in [-0.3, -0.25) is 4.79 Å². The largest absolute Gasteiger partial charge is 0.480 e. The number of carboxylic acids is 1. The lowest BCUT2D eigenvalue weighted by molar-refractivity contribution is -0.139. The molecular weight excluding hydrogens is 118 g/mol. The molecule has 0 amide bonds. The van der Waals surface area contributed by atoms with E-state index in [9.17, 15) is 4.79 Å². The third kappa shape index (κ3) is 0.733. The highest BCUT2D eigenvalue weighted by Crippen LogP contribution is 2.41. The van der Waals surface area contributed by atoms with Gasteiger partial charge in [0.15, 0.2) is 0 Å². The second-order valence-corrected chi connectivity index (χ2v) is 2.39. The fourth-order valence-electron chi connectivity index (χ4n) is 0.845. The van der Waals surface area contributed by atoms with Crippen molar-refractivity contribution in [3.8, 4) is 0 Å². The summed E-state index contributed by atoms with van der Waals surface area (Å²) in [4.78, 5) is 10.3. The summed E-state index contributed by atoms with van der Waals surface area (Å²) >= 11 is 0. The Kier molecular flexibility index (Phi) is 1.10. The molecular formula is C6H9NO2. The van der Waals surface area contributed by atoms with Crippen molar-refractivity contribution in [3.05, 3.63) is 12.7 Å². The van der Waals surface area contributed by atoms with Crippen LogP contribution in [0.25, 0.3) is 0 Å². The molecule has 1 saturated carbocycles. The van der Waals surface area contributed by atoms with Crippen molar-refractivity contribution in [2.24, 2.45) is 11.7 Å². The van der Waals surface area contributed by atoms with Crippen molar-refractivity contribution >= 4 is 5.97 Å². The van der Waals surface area contributed by atoms with Gasteiger partial charge in [-0.2, -0.15) is 0 Å². The highest BCUT2D eigenvalue weighted by molar-refractivity contribution is 5.83. The first-order valence-corrected chi connectivity index (χ1v) is 2.76. The van der Waals surface area contributed by atoms with Crippen molar-refractivity contribution in [2.75, 3.05) is 0 Å². The van der Waals surface area contributed by atoms with Crippen LogP contribution in [-0.4, -0.2) is 16.6 Å². The van der Waals surface area contributed by atoms with Gasteiger partial charge in [0, 0.05) is 5.92 Å².